The fraction of sp³-hybridized carbons (Fsp3) is 0.250. The second kappa shape index (κ2) is 39.2. The van der Waals surface area contributed by atoms with Gasteiger partial charge < -0.3 is 0 Å². The summed E-state index contributed by atoms with van der Waals surface area (Å²) in [5.74, 6) is 1.94. The van der Waals surface area contributed by atoms with Crippen LogP contribution in [0.15, 0.2) is 299 Å². The van der Waals surface area contributed by atoms with Crippen LogP contribution in [0.5, 0.6) is 0 Å². The molecule has 694 valence electrons. The van der Waals surface area contributed by atoms with Crippen molar-refractivity contribution in [1.29, 1.82) is 0 Å². The molecule has 1 fully saturated rings. The van der Waals surface area contributed by atoms with E-state index in [0.29, 0.717) is 11.8 Å². The summed E-state index contributed by atoms with van der Waals surface area (Å²) in [6.07, 6.45) is 26.4. The molecule has 7 aliphatic carbocycles. The number of nitrogens with zero attached hydrogens (tertiary/aromatic N) is 12. The summed E-state index contributed by atoms with van der Waals surface area (Å²) in [7, 11) is 12.7. The third-order valence-electron chi connectivity index (χ3n) is 30.2. The molecule has 12 nitrogen and oxygen atoms in total. The number of aromatic nitrogens is 12. The third kappa shape index (κ3) is 17.5. The SMILES string of the molecule is Cc1ccc2c(n1)Cc1c-2cc[n+](C)c1-c1ccccc1C.Cc1ccccc1-c1c2c(cc[n+]1C)-c1cccnc1C2.Cc1ccccc1-c1c2c(nc[n+]1C)-c1c(C)cccc1C2.Cc1ccccc1-c1c2c(nc[n+]1C)-c1cccc(C(C)C)c1C2.Cc1ccccc1-c1c2c(nc[n+]1C)-c1cccc(C3CCCC3)c1C2.Cc1ccccc1-c1c2c(nc[n+]1C)-c1cccc(CC(C)C)c1C2. The predicted molar refractivity (Wildman–Crippen MR) is 566 cm³/mol. The smallest absolute Gasteiger partial charge is 0.260 e. The van der Waals surface area contributed by atoms with Crippen molar-refractivity contribution < 1.29 is 27.4 Å². The Bertz CT molecular complexity index is 7920. The van der Waals surface area contributed by atoms with Crippen molar-refractivity contribution in [3.63, 3.8) is 0 Å². The lowest BCUT2D eigenvalue weighted by molar-refractivity contribution is -0.663. The van der Waals surface area contributed by atoms with E-state index in [-0.39, 0.29) is 0 Å². The van der Waals surface area contributed by atoms with Gasteiger partial charge in [-0.3, -0.25) is 9.97 Å². The maximum Gasteiger partial charge on any atom is 0.287 e. The largest absolute Gasteiger partial charge is 0.287 e. The Morgan fingerprint density at radius 3 is 1.10 bits per heavy atom. The molecule has 1 saturated carbocycles. The van der Waals surface area contributed by atoms with Crippen molar-refractivity contribution in [2.45, 2.75) is 166 Å². The monoisotopic (exact) mass is 1830 g/mol. The van der Waals surface area contributed by atoms with Crippen LogP contribution in [-0.4, -0.2) is 29.9 Å². The average molecular weight is 1830 g/mol. The Labute approximate surface area is 827 Å². The molecule has 18 aromatic rings. The van der Waals surface area contributed by atoms with E-state index < -0.39 is 0 Å². The molecule has 25 rings (SSSR count). The highest BCUT2D eigenvalue weighted by molar-refractivity contribution is 5.88. The predicted octanol–water partition coefficient (Wildman–Crippen LogP) is 25.3. The molecular weight excluding hydrogens is 1710 g/mol. The highest BCUT2D eigenvalue weighted by Crippen LogP contribution is 2.50. The van der Waals surface area contributed by atoms with Gasteiger partial charge in [0.2, 0.25) is 11.4 Å². The lowest BCUT2D eigenvalue weighted by Crippen LogP contribution is -2.33. The van der Waals surface area contributed by atoms with Crippen molar-refractivity contribution in [3.8, 4) is 135 Å². The van der Waals surface area contributed by atoms with Crippen LogP contribution in [-0.2, 0) is 87.2 Å². The van der Waals surface area contributed by atoms with Crippen LogP contribution in [0, 0.1) is 61.3 Å². The van der Waals surface area contributed by atoms with Crippen molar-refractivity contribution >= 4 is 0 Å². The molecular formula is C128H128N12+6. The first kappa shape index (κ1) is 92.8. The number of hydrogen-bond donors (Lipinski definition) is 0. The van der Waals surface area contributed by atoms with Crippen LogP contribution in [0.25, 0.3) is 135 Å². The molecule has 0 bridgehead atoms. The first-order valence-electron chi connectivity index (χ1n) is 50.2. The van der Waals surface area contributed by atoms with E-state index in [2.05, 4.69) is 419 Å². The van der Waals surface area contributed by atoms with Gasteiger partial charge in [0, 0.05) is 140 Å². The summed E-state index contributed by atoms with van der Waals surface area (Å²) in [4.78, 5) is 28.5. The number of hydrogen-bond acceptors (Lipinski definition) is 6. The molecule has 140 heavy (non-hydrogen) atoms. The summed E-state index contributed by atoms with van der Waals surface area (Å²) < 4.78 is 13.2. The van der Waals surface area contributed by atoms with E-state index in [9.17, 15) is 0 Å². The van der Waals surface area contributed by atoms with Gasteiger partial charge in [-0.15, -0.1) is 0 Å². The van der Waals surface area contributed by atoms with Gasteiger partial charge in [0.15, 0.2) is 35.2 Å². The van der Waals surface area contributed by atoms with E-state index in [4.69, 9.17) is 24.9 Å². The summed E-state index contributed by atoms with van der Waals surface area (Å²) in [5.41, 5.74) is 62.2. The Kier molecular flexibility index (Phi) is 26.0. The van der Waals surface area contributed by atoms with Crippen LogP contribution in [0.1, 0.15) is 194 Å². The first-order chi connectivity index (χ1) is 67.9. The second-order valence-electron chi connectivity index (χ2n) is 40.4. The van der Waals surface area contributed by atoms with E-state index in [1.54, 1.807) is 5.56 Å². The first-order valence-corrected chi connectivity index (χ1v) is 50.2. The van der Waals surface area contributed by atoms with Gasteiger partial charge in [0.1, 0.15) is 36.9 Å². The van der Waals surface area contributed by atoms with E-state index >= 15 is 0 Å². The molecule has 8 aromatic heterocycles. The maximum atomic E-state index is 4.85. The maximum absolute atomic E-state index is 4.85. The van der Waals surface area contributed by atoms with Crippen molar-refractivity contribution in [1.82, 2.24) is 29.9 Å². The van der Waals surface area contributed by atoms with E-state index in [0.717, 1.165) is 73.6 Å². The summed E-state index contributed by atoms with van der Waals surface area (Å²) in [6, 6.07) is 91.5. The molecule has 10 aromatic carbocycles. The minimum atomic E-state index is 0.532. The van der Waals surface area contributed by atoms with Crippen LogP contribution in [0.2, 0.25) is 0 Å². The van der Waals surface area contributed by atoms with E-state index in [1.807, 2.05) is 37.6 Å². The molecule has 7 aliphatic rings. The summed E-state index contributed by atoms with van der Waals surface area (Å²) in [5, 5.41) is 0. The highest BCUT2D eigenvalue weighted by Gasteiger charge is 2.39. The minimum Gasteiger partial charge on any atom is -0.260 e. The van der Waals surface area contributed by atoms with Gasteiger partial charge >= 0.3 is 0 Å². The molecule has 0 saturated heterocycles. The molecule has 0 N–H and O–H groups in total. The fourth-order valence-electron chi connectivity index (χ4n) is 23.4. The standard InChI is InChI=1S/C24H25N2.C23H25N2.C22H23N2.2C20H19N2.C19H17N2/c1-16-8-3-6-11-18(16)24-22-14-21-19(17-9-4-5-10-17)12-7-13-20(21)23(22)25-15-26(24)2;1-15(2)12-17-9-7-11-19-20(17)13-21-22(19)24-14-25(4)23(21)18-10-6-5-8-16(18)3;1-14(2)16-10-7-11-18-19(16)12-20-21(18)23-13-24(4)22(20)17-9-6-5-8-15(17)3;1-13-7-4-5-10-16(13)20-17-11-15-9-6-8-14(2)18(15)19(17)21-12-22(20)3;1-13-6-4-5-7-15(13)20-18-12-19-17(9-8-14(2)21-19)16(18)10-11-22(20)3;1-13-6-3-4-7-14(13)19-17-12-18-16(8-5-10-20-18)15(17)9-11-21(19)2/h3,6-8,11-13,15,17H,4-5,9-10,14H2,1-2H3;5-11,14-15H,12-13H2,1-4H3;5-11,13-14H,12H2,1-4H3;4-10,12H,11H2,1-3H3;4-11H,12H2,1-3H3;3-11H,12H2,1-2H3/q6*+1. The number of fused-ring (bicyclic) bond motifs is 18. The van der Waals surface area contributed by atoms with Gasteiger partial charge in [-0.05, 0) is 226 Å². The zero-order valence-electron chi connectivity index (χ0n) is 84.7. The van der Waals surface area contributed by atoms with Crippen LogP contribution < -0.4 is 27.4 Å². The summed E-state index contributed by atoms with van der Waals surface area (Å²) >= 11 is 0. The van der Waals surface area contributed by atoms with Crippen LogP contribution in [0.4, 0.5) is 0 Å². The van der Waals surface area contributed by atoms with Crippen LogP contribution >= 0.6 is 0 Å². The van der Waals surface area contributed by atoms with E-state index in [1.165, 1.54) is 261 Å². The topological polar surface area (TPSA) is 101 Å². The number of pyridine rings is 4. The molecule has 0 spiro atoms. The fourth-order valence-corrected chi connectivity index (χ4v) is 23.4. The van der Waals surface area contributed by atoms with Crippen molar-refractivity contribution in [3.05, 3.63) is 427 Å². The minimum absolute atomic E-state index is 0.532. The molecule has 8 heterocycles. The summed E-state index contributed by atoms with van der Waals surface area (Å²) in [6.45, 7) is 26.5. The number of rotatable bonds is 10. The lowest BCUT2D eigenvalue weighted by Gasteiger charge is -2.14. The van der Waals surface area contributed by atoms with Gasteiger partial charge in [-0.25, -0.2) is 27.4 Å². The lowest BCUT2D eigenvalue weighted by atomic mass is 9.90. The zero-order chi connectivity index (χ0) is 97.0. The van der Waals surface area contributed by atoms with Crippen molar-refractivity contribution in [2.75, 3.05) is 0 Å². The Morgan fingerprint density at radius 2 is 0.643 bits per heavy atom. The molecule has 0 atom stereocenters. The molecule has 0 unspecified atom stereocenters. The highest BCUT2D eigenvalue weighted by atomic mass is 15.0. The Hall–Kier alpha value is -14.9. The quantitative estimate of drug-likeness (QED) is 0.126. The van der Waals surface area contributed by atoms with Gasteiger partial charge in [0.05, 0.1) is 61.8 Å². The van der Waals surface area contributed by atoms with Gasteiger partial charge in [-0.2, -0.15) is 0 Å². The molecule has 0 radical (unpaired) electrons. The Morgan fingerprint density at radius 1 is 0.279 bits per heavy atom. The van der Waals surface area contributed by atoms with Crippen LogP contribution in [0.3, 0.4) is 0 Å². The molecule has 12 heteroatoms. The normalized spacial score (nSPS) is 12.9. The zero-order valence-corrected chi connectivity index (χ0v) is 84.7. The number of benzene rings is 10. The number of aryl methyl sites for hydroxylation is 14. The second-order valence-corrected chi connectivity index (χ2v) is 40.4. The third-order valence-corrected chi connectivity index (χ3v) is 30.2. The molecule has 0 amide bonds. The average Bonchev–Trinajstić information content (AvgIpc) is 1.61. The van der Waals surface area contributed by atoms with Gasteiger partial charge in [-0.1, -0.05) is 259 Å². The Balaban J connectivity index is 0.000000103. The van der Waals surface area contributed by atoms with Crippen molar-refractivity contribution in [2.24, 2.45) is 48.2 Å². The molecule has 0 aliphatic heterocycles. The van der Waals surface area contributed by atoms with Gasteiger partial charge in [0.25, 0.3) is 25.3 Å².